The molecule has 0 aliphatic carbocycles. The maximum atomic E-state index is 13.7. The van der Waals surface area contributed by atoms with Crippen LogP contribution in [0.4, 0.5) is 24.5 Å². The zero-order valence-corrected chi connectivity index (χ0v) is 11.9. The Morgan fingerprint density at radius 2 is 1.80 bits per heavy atom. The molecule has 0 aliphatic rings. The van der Waals surface area contributed by atoms with Crippen LogP contribution in [-0.2, 0) is 0 Å². The molecule has 20 heavy (non-hydrogen) atoms. The van der Waals surface area contributed by atoms with Gasteiger partial charge in [-0.05, 0) is 52.9 Å². The van der Waals surface area contributed by atoms with Crippen molar-refractivity contribution in [3.05, 3.63) is 56.9 Å². The lowest BCUT2D eigenvalue weighted by Crippen LogP contribution is -2.24. The average Bonchev–Trinajstić information content (AvgIpc) is 2.37. The number of rotatable bonds is 3. The van der Waals surface area contributed by atoms with Gasteiger partial charge in [0.15, 0.2) is 11.6 Å². The van der Waals surface area contributed by atoms with Gasteiger partial charge in [-0.3, -0.25) is 0 Å². The second-order valence-electron chi connectivity index (χ2n) is 3.82. The van der Waals surface area contributed by atoms with Crippen LogP contribution in [0.2, 0.25) is 0 Å². The zero-order valence-electron chi connectivity index (χ0n) is 9.72. The third-order valence-electron chi connectivity index (χ3n) is 2.51. The van der Waals surface area contributed by atoms with Crippen molar-refractivity contribution in [2.24, 2.45) is 0 Å². The van der Waals surface area contributed by atoms with E-state index in [2.05, 4.69) is 5.32 Å². The van der Waals surface area contributed by atoms with Gasteiger partial charge in [0, 0.05) is 9.13 Å². The van der Waals surface area contributed by atoms with Gasteiger partial charge in [-0.1, -0.05) is 0 Å². The van der Waals surface area contributed by atoms with E-state index in [-0.39, 0.29) is 5.69 Å². The highest BCUT2D eigenvalue weighted by Gasteiger charge is 2.16. The monoisotopic (exact) mass is 392 g/mol. The van der Waals surface area contributed by atoms with Gasteiger partial charge in [-0.15, -0.1) is 0 Å². The standard InChI is InChI=1S/C13H7F3INO2/c14-8-3-2-7(13(19)20)12(11(8)16)18-10-4-1-6(17)5-9(10)15/h1-5,18H,(H,19,20)/p-1. The van der Waals surface area contributed by atoms with E-state index in [4.69, 9.17) is 0 Å². The predicted molar refractivity (Wildman–Crippen MR) is 73.1 cm³/mol. The van der Waals surface area contributed by atoms with Gasteiger partial charge in [0.05, 0.1) is 17.3 Å². The van der Waals surface area contributed by atoms with Gasteiger partial charge in [0.2, 0.25) is 0 Å². The van der Waals surface area contributed by atoms with Crippen molar-refractivity contribution in [2.75, 3.05) is 5.32 Å². The SMILES string of the molecule is O=C([O-])c1ccc(F)c(F)c1Nc1ccc(I)cc1F. The molecule has 3 nitrogen and oxygen atoms in total. The van der Waals surface area contributed by atoms with E-state index in [1.54, 1.807) is 0 Å². The summed E-state index contributed by atoms with van der Waals surface area (Å²) >= 11 is 1.88. The van der Waals surface area contributed by atoms with Gasteiger partial charge in [0.25, 0.3) is 0 Å². The molecule has 2 aromatic rings. The molecule has 7 heteroatoms. The van der Waals surface area contributed by atoms with Crippen molar-refractivity contribution in [1.29, 1.82) is 0 Å². The molecule has 0 heterocycles. The van der Waals surface area contributed by atoms with Crippen molar-refractivity contribution in [2.45, 2.75) is 0 Å². The van der Waals surface area contributed by atoms with Crippen molar-refractivity contribution >= 4 is 39.9 Å². The molecular formula is C13H6F3INO2-. The molecule has 0 unspecified atom stereocenters. The molecule has 2 rings (SSSR count). The Bertz CT molecular complexity index is 692. The van der Waals surface area contributed by atoms with Gasteiger partial charge in [0.1, 0.15) is 5.82 Å². The fraction of sp³-hybridized carbons (Fsp3) is 0. The fourth-order valence-corrected chi connectivity index (χ4v) is 2.02. The Morgan fingerprint density at radius 1 is 1.10 bits per heavy atom. The Morgan fingerprint density at radius 3 is 2.40 bits per heavy atom. The lowest BCUT2D eigenvalue weighted by Gasteiger charge is -2.14. The molecule has 104 valence electrons. The largest absolute Gasteiger partial charge is 0.545 e. The summed E-state index contributed by atoms with van der Waals surface area (Å²) in [7, 11) is 0. The number of carboxylic acids is 1. The highest BCUT2D eigenvalue weighted by atomic mass is 127. The summed E-state index contributed by atoms with van der Waals surface area (Å²) in [6.45, 7) is 0. The molecule has 2 aromatic carbocycles. The first-order valence-electron chi connectivity index (χ1n) is 5.31. The quantitative estimate of drug-likeness (QED) is 0.818. The first kappa shape index (κ1) is 14.6. The van der Waals surface area contributed by atoms with Crippen LogP contribution in [0.5, 0.6) is 0 Å². The first-order valence-corrected chi connectivity index (χ1v) is 6.39. The number of carbonyl (C=O) groups excluding carboxylic acids is 1. The molecule has 0 bridgehead atoms. The summed E-state index contributed by atoms with van der Waals surface area (Å²) in [6, 6.07) is 5.50. The molecule has 1 N–H and O–H groups in total. The number of halogens is 4. The van der Waals surface area contributed by atoms with Crippen LogP contribution in [-0.4, -0.2) is 5.97 Å². The highest BCUT2D eigenvalue weighted by molar-refractivity contribution is 14.1. The third-order valence-corrected chi connectivity index (χ3v) is 3.18. The summed E-state index contributed by atoms with van der Waals surface area (Å²) in [5, 5.41) is 13.1. The minimum absolute atomic E-state index is 0.169. The molecular weight excluding hydrogens is 386 g/mol. The van der Waals surface area contributed by atoms with Gasteiger partial charge < -0.3 is 15.2 Å². The fourth-order valence-electron chi connectivity index (χ4n) is 1.57. The summed E-state index contributed by atoms with van der Waals surface area (Å²) in [5.41, 5.74) is -1.44. The maximum absolute atomic E-state index is 13.7. The number of hydrogen-bond acceptors (Lipinski definition) is 3. The van der Waals surface area contributed by atoms with Crippen LogP contribution in [0.15, 0.2) is 30.3 Å². The molecule has 0 spiro atoms. The Hall–Kier alpha value is -1.77. The highest BCUT2D eigenvalue weighted by Crippen LogP contribution is 2.28. The molecule has 0 saturated heterocycles. The summed E-state index contributed by atoms with van der Waals surface area (Å²) in [5.74, 6) is -5.07. The third kappa shape index (κ3) is 2.87. The van der Waals surface area contributed by atoms with Crippen LogP contribution in [0.25, 0.3) is 0 Å². The van der Waals surface area contributed by atoms with Crippen molar-refractivity contribution in [3.63, 3.8) is 0 Å². The van der Waals surface area contributed by atoms with Crippen LogP contribution in [0, 0.1) is 21.0 Å². The number of hydrogen-bond donors (Lipinski definition) is 1. The lowest BCUT2D eigenvalue weighted by molar-refractivity contribution is -0.254. The lowest BCUT2D eigenvalue weighted by atomic mass is 10.1. The minimum Gasteiger partial charge on any atom is -0.545 e. The summed E-state index contributed by atoms with van der Waals surface area (Å²) in [6.07, 6.45) is 0. The molecule has 0 aromatic heterocycles. The number of aromatic carboxylic acids is 1. The van der Waals surface area contributed by atoms with E-state index in [0.29, 0.717) is 9.64 Å². The minimum atomic E-state index is -1.70. The van der Waals surface area contributed by atoms with Crippen LogP contribution < -0.4 is 10.4 Å². The van der Waals surface area contributed by atoms with Crippen LogP contribution in [0.3, 0.4) is 0 Å². The average molecular weight is 392 g/mol. The number of anilines is 2. The van der Waals surface area contributed by atoms with Crippen molar-refractivity contribution in [1.82, 2.24) is 0 Å². The molecule has 0 fully saturated rings. The van der Waals surface area contributed by atoms with Crippen molar-refractivity contribution in [3.8, 4) is 0 Å². The Labute approximate surface area is 125 Å². The first-order chi connectivity index (χ1) is 9.40. The molecule has 0 radical (unpaired) electrons. The van der Waals surface area contributed by atoms with Gasteiger partial charge >= 0.3 is 0 Å². The molecule has 0 atom stereocenters. The zero-order chi connectivity index (χ0) is 14.9. The number of benzene rings is 2. The number of nitrogens with one attached hydrogen (secondary N) is 1. The van der Waals surface area contributed by atoms with E-state index in [0.717, 1.165) is 6.07 Å². The van der Waals surface area contributed by atoms with E-state index < -0.39 is 34.7 Å². The Balaban J connectivity index is 2.52. The maximum Gasteiger partial charge on any atom is 0.182 e. The topological polar surface area (TPSA) is 52.2 Å². The molecule has 0 saturated carbocycles. The molecule has 0 amide bonds. The van der Waals surface area contributed by atoms with Gasteiger partial charge in [-0.2, -0.15) is 0 Å². The number of carbonyl (C=O) groups is 1. The molecule has 0 aliphatic heterocycles. The summed E-state index contributed by atoms with van der Waals surface area (Å²) < 4.78 is 41.1. The second-order valence-corrected chi connectivity index (χ2v) is 5.07. The van der Waals surface area contributed by atoms with E-state index in [1.807, 2.05) is 22.6 Å². The van der Waals surface area contributed by atoms with E-state index in [1.165, 1.54) is 18.2 Å². The van der Waals surface area contributed by atoms with Crippen LogP contribution in [0.1, 0.15) is 10.4 Å². The normalized spacial score (nSPS) is 10.4. The number of carboxylic acid groups (broad SMARTS) is 1. The van der Waals surface area contributed by atoms with E-state index >= 15 is 0 Å². The Kier molecular flexibility index (Phi) is 4.17. The van der Waals surface area contributed by atoms with Crippen molar-refractivity contribution < 1.29 is 23.1 Å². The van der Waals surface area contributed by atoms with E-state index in [9.17, 15) is 23.1 Å². The van der Waals surface area contributed by atoms with Gasteiger partial charge in [-0.25, -0.2) is 13.2 Å². The predicted octanol–water partition coefficient (Wildman–Crippen LogP) is 2.82. The van der Waals surface area contributed by atoms with Crippen LogP contribution >= 0.6 is 22.6 Å². The smallest absolute Gasteiger partial charge is 0.182 e. The summed E-state index contributed by atoms with van der Waals surface area (Å²) in [4.78, 5) is 10.9. The second kappa shape index (κ2) is 5.70.